The molecule has 0 bridgehead atoms. The van der Waals surface area contributed by atoms with E-state index in [2.05, 4.69) is 45.7 Å². The molecule has 1 saturated heterocycles. The second-order valence-corrected chi connectivity index (χ2v) is 7.80. The van der Waals surface area contributed by atoms with Crippen molar-refractivity contribution in [3.05, 3.63) is 41.7 Å². The van der Waals surface area contributed by atoms with Crippen LogP contribution in [0.2, 0.25) is 0 Å². The van der Waals surface area contributed by atoms with Crippen molar-refractivity contribution in [3.63, 3.8) is 0 Å². The fraction of sp³-hybridized carbons (Fsp3) is 0.524. The van der Waals surface area contributed by atoms with Gasteiger partial charge in [-0.3, -0.25) is 4.79 Å². The van der Waals surface area contributed by atoms with Gasteiger partial charge in [0.05, 0.1) is 23.5 Å². The van der Waals surface area contributed by atoms with Gasteiger partial charge in [0.25, 0.3) is 5.91 Å². The van der Waals surface area contributed by atoms with Gasteiger partial charge < -0.3 is 14.6 Å². The molecule has 0 aromatic carbocycles. The summed E-state index contributed by atoms with van der Waals surface area (Å²) in [6.07, 6.45) is 7.01. The first-order chi connectivity index (χ1) is 14.0. The first kappa shape index (κ1) is 19.6. The lowest BCUT2D eigenvalue weighted by atomic mass is 10.0. The second-order valence-electron chi connectivity index (χ2n) is 7.80. The first-order valence-corrected chi connectivity index (χ1v) is 10.3. The van der Waals surface area contributed by atoms with E-state index in [-0.39, 0.29) is 24.1 Å². The molecular formula is C21H28N6O2. The van der Waals surface area contributed by atoms with Crippen molar-refractivity contribution < 1.29 is 9.53 Å². The van der Waals surface area contributed by atoms with Crippen LogP contribution in [0.3, 0.4) is 0 Å². The molecule has 1 aliphatic heterocycles. The number of imidazole rings is 1. The summed E-state index contributed by atoms with van der Waals surface area (Å²) >= 11 is 0. The lowest BCUT2D eigenvalue weighted by Gasteiger charge is -2.32. The number of fused-ring (bicyclic) bond motifs is 1. The minimum absolute atomic E-state index is 0.127. The smallest absolute Gasteiger partial charge is 0.253 e. The Hall–Kier alpha value is -2.74. The molecule has 0 radical (unpaired) electrons. The van der Waals surface area contributed by atoms with Crippen LogP contribution < -0.4 is 5.32 Å². The number of hydrogen-bond acceptors (Lipinski definition) is 5. The Balaban J connectivity index is 1.60. The molecule has 8 heteroatoms. The molecule has 1 fully saturated rings. The average Bonchev–Trinajstić information content (AvgIpc) is 3.34. The normalized spacial score (nSPS) is 19.8. The van der Waals surface area contributed by atoms with Gasteiger partial charge in [-0.05, 0) is 46.6 Å². The van der Waals surface area contributed by atoms with Crippen molar-refractivity contribution in [2.45, 2.75) is 65.3 Å². The van der Waals surface area contributed by atoms with E-state index in [1.807, 2.05) is 23.9 Å². The Morgan fingerprint density at radius 1 is 1.41 bits per heavy atom. The molecule has 2 atom stereocenters. The van der Waals surface area contributed by atoms with Gasteiger partial charge in [0, 0.05) is 37.0 Å². The molecule has 4 rings (SSSR count). The van der Waals surface area contributed by atoms with E-state index in [9.17, 15) is 4.79 Å². The maximum atomic E-state index is 13.1. The summed E-state index contributed by atoms with van der Waals surface area (Å²) in [4.78, 5) is 22.3. The van der Waals surface area contributed by atoms with Crippen LogP contribution in [0.1, 0.15) is 67.6 Å². The second kappa shape index (κ2) is 7.94. The van der Waals surface area contributed by atoms with Gasteiger partial charge in [0.15, 0.2) is 5.65 Å². The molecular weight excluding hydrogens is 368 g/mol. The highest BCUT2D eigenvalue weighted by Gasteiger charge is 2.32. The topological polar surface area (TPSA) is 86.9 Å². The Kier molecular flexibility index (Phi) is 5.36. The summed E-state index contributed by atoms with van der Waals surface area (Å²) in [5.41, 5.74) is 2.07. The molecule has 1 aliphatic rings. The molecule has 0 aliphatic carbocycles. The number of aromatic nitrogens is 5. The number of hydrogen-bond donors (Lipinski definition) is 1. The van der Waals surface area contributed by atoms with E-state index in [1.165, 1.54) is 0 Å². The van der Waals surface area contributed by atoms with E-state index < -0.39 is 0 Å². The summed E-state index contributed by atoms with van der Waals surface area (Å²) in [5.74, 6) is 0.727. The van der Waals surface area contributed by atoms with Gasteiger partial charge in [-0.2, -0.15) is 5.10 Å². The summed E-state index contributed by atoms with van der Waals surface area (Å²) in [6.45, 7) is 9.55. The van der Waals surface area contributed by atoms with Crippen LogP contribution in [0.4, 0.5) is 0 Å². The largest absolute Gasteiger partial charge is 0.368 e. The number of ether oxygens (including phenoxy) is 1. The van der Waals surface area contributed by atoms with E-state index in [0.717, 1.165) is 36.2 Å². The quantitative estimate of drug-likeness (QED) is 0.716. The fourth-order valence-corrected chi connectivity index (χ4v) is 3.95. The molecule has 1 amide bonds. The molecule has 8 nitrogen and oxygen atoms in total. The molecule has 0 unspecified atom stereocenters. The van der Waals surface area contributed by atoms with Crippen molar-refractivity contribution in [1.82, 2.24) is 29.6 Å². The molecule has 3 aromatic rings. The van der Waals surface area contributed by atoms with Gasteiger partial charge in [-0.25, -0.2) is 14.6 Å². The number of aryl methyl sites for hydroxylation is 2. The minimum atomic E-state index is -0.247. The standard InChI is InChI=1S/C21H28N6O2/c1-5-26-9-8-22-20(26)18-17(7-6-10-29-18)25-21(28)16-11-15-12-23-27(13(2)3)19(15)24-14(16)4/h8-9,11-13,17-18H,5-7,10H2,1-4H3,(H,25,28)/t17-,18-/m0/s1. The zero-order chi connectivity index (χ0) is 20.5. The summed E-state index contributed by atoms with van der Waals surface area (Å²) < 4.78 is 9.96. The van der Waals surface area contributed by atoms with Crippen molar-refractivity contribution in [2.75, 3.05) is 6.61 Å². The summed E-state index contributed by atoms with van der Waals surface area (Å²) in [6, 6.07) is 1.96. The monoisotopic (exact) mass is 396 g/mol. The number of nitrogens with zero attached hydrogens (tertiary/aromatic N) is 5. The highest BCUT2D eigenvalue weighted by Crippen LogP contribution is 2.28. The first-order valence-electron chi connectivity index (χ1n) is 10.3. The number of nitrogens with one attached hydrogen (secondary N) is 1. The number of amides is 1. The van der Waals surface area contributed by atoms with Gasteiger partial charge in [-0.1, -0.05) is 0 Å². The molecule has 4 heterocycles. The van der Waals surface area contributed by atoms with E-state index in [0.29, 0.717) is 17.9 Å². The fourth-order valence-electron chi connectivity index (χ4n) is 3.95. The van der Waals surface area contributed by atoms with Crippen LogP contribution in [0.5, 0.6) is 0 Å². The van der Waals surface area contributed by atoms with E-state index >= 15 is 0 Å². The molecule has 0 spiro atoms. The van der Waals surface area contributed by atoms with E-state index in [1.54, 1.807) is 12.4 Å². The van der Waals surface area contributed by atoms with Crippen LogP contribution in [-0.4, -0.2) is 42.9 Å². The maximum Gasteiger partial charge on any atom is 0.253 e. The lowest BCUT2D eigenvalue weighted by Crippen LogP contribution is -2.43. The van der Waals surface area contributed by atoms with E-state index in [4.69, 9.17) is 4.74 Å². The van der Waals surface area contributed by atoms with Crippen molar-refractivity contribution in [2.24, 2.45) is 0 Å². The molecule has 154 valence electrons. The van der Waals surface area contributed by atoms with Crippen LogP contribution in [0, 0.1) is 6.92 Å². The van der Waals surface area contributed by atoms with Crippen LogP contribution >= 0.6 is 0 Å². The third-order valence-corrected chi connectivity index (χ3v) is 5.48. The Bertz CT molecular complexity index is 1020. The predicted molar refractivity (Wildman–Crippen MR) is 110 cm³/mol. The van der Waals surface area contributed by atoms with Crippen LogP contribution in [0.25, 0.3) is 11.0 Å². The van der Waals surface area contributed by atoms with Gasteiger partial charge in [0.2, 0.25) is 0 Å². The Morgan fingerprint density at radius 2 is 2.24 bits per heavy atom. The number of carbonyl (C=O) groups is 1. The van der Waals surface area contributed by atoms with Crippen molar-refractivity contribution in [1.29, 1.82) is 0 Å². The van der Waals surface area contributed by atoms with Gasteiger partial charge in [-0.15, -0.1) is 0 Å². The molecule has 0 saturated carbocycles. The Morgan fingerprint density at radius 3 is 3.00 bits per heavy atom. The summed E-state index contributed by atoms with van der Waals surface area (Å²) in [7, 11) is 0. The summed E-state index contributed by atoms with van der Waals surface area (Å²) in [5, 5.41) is 8.45. The lowest BCUT2D eigenvalue weighted by molar-refractivity contribution is -0.0163. The highest BCUT2D eigenvalue weighted by molar-refractivity contribution is 5.98. The minimum Gasteiger partial charge on any atom is -0.368 e. The van der Waals surface area contributed by atoms with Crippen LogP contribution in [-0.2, 0) is 11.3 Å². The maximum absolute atomic E-state index is 13.1. The zero-order valence-electron chi connectivity index (χ0n) is 17.4. The van der Waals surface area contributed by atoms with Crippen LogP contribution in [0.15, 0.2) is 24.7 Å². The highest BCUT2D eigenvalue weighted by atomic mass is 16.5. The number of pyridine rings is 1. The molecule has 1 N–H and O–H groups in total. The third-order valence-electron chi connectivity index (χ3n) is 5.48. The molecule has 29 heavy (non-hydrogen) atoms. The predicted octanol–water partition coefficient (Wildman–Crippen LogP) is 3.19. The molecule has 3 aromatic heterocycles. The Labute approximate surface area is 170 Å². The van der Waals surface area contributed by atoms with Crippen molar-refractivity contribution in [3.8, 4) is 0 Å². The third kappa shape index (κ3) is 3.64. The average molecular weight is 396 g/mol. The van der Waals surface area contributed by atoms with Crippen molar-refractivity contribution >= 4 is 16.9 Å². The SMILES string of the molecule is CCn1ccnc1[C@H]1OCCC[C@@H]1NC(=O)c1cc2cnn(C(C)C)c2nc1C. The van der Waals surface area contributed by atoms with Gasteiger partial charge in [0.1, 0.15) is 11.9 Å². The van der Waals surface area contributed by atoms with Gasteiger partial charge >= 0.3 is 0 Å². The number of carbonyl (C=O) groups excluding carboxylic acids is 1. The zero-order valence-corrected chi connectivity index (χ0v) is 17.4. The number of rotatable bonds is 5.